The molecule has 0 aliphatic heterocycles. The summed E-state index contributed by atoms with van der Waals surface area (Å²) in [7, 11) is -2.77. The maximum absolute atomic E-state index is 12.7. The number of hydrogen-bond acceptors (Lipinski definition) is 7. The Balaban J connectivity index is 1.76. The van der Waals surface area contributed by atoms with E-state index in [1.54, 1.807) is 12.1 Å². The first-order chi connectivity index (χ1) is 16.4. The second-order valence-corrected chi connectivity index (χ2v) is 9.64. The molecule has 0 fully saturated rings. The number of aliphatic hydroxyl groups is 1. The van der Waals surface area contributed by atoms with Gasteiger partial charge in [0, 0.05) is 0 Å². The molecule has 0 heterocycles. The average Bonchev–Trinajstić information content (AvgIpc) is 2.82. The van der Waals surface area contributed by atoms with Crippen molar-refractivity contribution in [1.29, 1.82) is 0 Å². The van der Waals surface area contributed by atoms with Crippen molar-refractivity contribution >= 4 is 20.9 Å². The molecule has 0 amide bonds. The fourth-order valence-electron chi connectivity index (χ4n) is 3.71. The number of hydrogen-bond donors (Lipinski definition) is 1. The van der Waals surface area contributed by atoms with E-state index in [-0.39, 0.29) is 24.7 Å². The van der Waals surface area contributed by atoms with Crippen LogP contribution in [0.3, 0.4) is 0 Å². The number of ether oxygens (including phenoxy) is 3. The van der Waals surface area contributed by atoms with Crippen LogP contribution in [0, 0.1) is 13.8 Å². The van der Waals surface area contributed by atoms with Gasteiger partial charge in [0.15, 0.2) is 0 Å². The number of fused-ring (bicyclic) bond motifs is 1. The van der Waals surface area contributed by atoms with E-state index in [9.17, 15) is 8.42 Å². The third kappa shape index (κ3) is 6.85. The van der Waals surface area contributed by atoms with Gasteiger partial charge in [-0.15, -0.1) is 0 Å². The standard InChI is InChI=1S/C26H32O7S/c1-19-4-7-25-20(2)15-23(16-24(25)14-19)21-5-6-22(26(17-21)34(28,29)30-3)18-33-13-12-32-11-10-31-9-8-27/h4-7,14-17,27H,8-13,18H2,1-3H3. The highest BCUT2D eigenvalue weighted by molar-refractivity contribution is 7.86. The molecule has 0 unspecified atom stereocenters. The third-order valence-electron chi connectivity index (χ3n) is 5.44. The lowest BCUT2D eigenvalue weighted by molar-refractivity contribution is 0.00420. The highest BCUT2D eigenvalue weighted by Crippen LogP contribution is 2.31. The number of benzene rings is 3. The molecule has 0 saturated carbocycles. The van der Waals surface area contributed by atoms with Crippen LogP contribution in [-0.2, 0) is 35.1 Å². The largest absolute Gasteiger partial charge is 0.394 e. The average molecular weight is 489 g/mol. The van der Waals surface area contributed by atoms with E-state index in [1.165, 1.54) is 10.9 Å². The summed E-state index contributed by atoms with van der Waals surface area (Å²) in [6.07, 6.45) is 0. The second kappa shape index (κ2) is 12.4. The molecule has 0 saturated heterocycles. The summed E-state index contributed by atoms with van der Waals surface area (Å²) < 4.78 is 46.3. The summed E-state index contributed by atoms with van der Waals surface area (Å²) in [5.41, 5.74) is 4.54. The zero-order chi connectivity index (χ0) is 24.6. The zero-order valence-electron chi connectivity index (χ0n) is 19.9. The van der Waals surface area contributed by atoms with Gasteiger partial charge in [0.25, 0.3) is 10.1 Å². The molecule has 8 heteroatoms. The summed E-state index contributed by atoms with van der Waals surface area (Å²) >= 11 is 0. The molecular formula is C26H32O7S. The fourth-order valence-corrected chi connectivity index (χ4v) is 4.61. The first-order valence-corrected chi connectivity index (χ1v) is 12.6. The van der Waals surface area contributed by atoms with E-state index in [4.69, 9.17) is 23.5 Å². The Morgan fingerprint density at radius 3 is 2.21 bits per heavy atom. The van der Waals surface area contributed by atoms with Crippen LogP contribution in [0.4, 0.5) is 0 Å². The molecule has 0 atom stereocenters. The second-order valence-electron chi connectivity index (χ2n) is 7.96. The number of aliphatic hydroxyl groups excluding tert-OH is 1. The molecule has 1 N–H and O–H groups in total. The summed E-state index contributed by atoms with van der Waals surface area (Å²) in [6, 6.07) is 15.8. The predicted molar refractivity (Wildman–Crippen MR) is 131 cm³/mol. The van der Waals surface area contributed by atoms with Crippen molar-refractivity contribution < 1.29 is 31.9 Å². The SMILES string of the molecule is COS(=O)(=O)c1cc(-c2cc(C)c3ccc(C)cc3c2)ccc1COCCOCCOCCO. The molecule has 0 aliphatic carbocycles. The summed E-state index contributed by atoms with van der Waals surface area (Å²) in [5, 5.41) is 10.9. The van der Waals surface area contributed by atoms with Crippen LogP contribution in [0.25, 0.3) is 21.9 Å². The van der Waals surface area contributed by atoms with Gasteiger partial charge in [-0.1, -0.05) is 42.0 Å². The van der Waals surface area contributed by atoms with Crippen molar-refractivity contribution in [2.45, 2.75) is 25.3 Å². The van der Waals surface area contributed by atoms with Crippen LogP contribution in [-0.4, -0.2) is 60.3 Å². The van der Waals surface area contributed by atoms with Crippen LogP contribution in [0.15, 0.2) is 53.4 Å². The molecule has 0 radical (unpaired) electrons. The van der Waals surface area contributed by atoms with Gasteiger partial charge in [0.05, 0.1) is 53.4 Å². The zero-order valence-corrected chi connectivity index (χ0v) is 20.7. The molecule has 3 rings (SSSR count). The number of aryl methyl sites for hydroxylation is 2. The summed E-state index contributed by atoms with van der Waals surface area (Å²) in [6.45, 7) is 5.92. The number of rotatable bonds is 13. The molecule has 34 heavy (non-hydrogen) atoms. The maximum Gasteiger partial charge on any atom is 0.297 e. The fraction of sp³-hybridized carbons (Fsp3) is 0.385. The lowest BCUT2D eigenvalue weighted by atomic mass is 9.96. The minimum absolute atomic E-state index is 0.0191. The quantitative estimate of drug-likeness (QED) is 0.287. The molecule has 7 nitrogen and oxygen atoms in total. The molecule has 0 aliphatic rings. The van der Waals surface area contributed by atoms with Gasteiger partial charge in [0.1, 0.15) is 4.90 Å². The van der Waals surface area contributed by atoms with Crippen molar-refractivity contribution in [2.75, 3.05) is 46.8 Å². The van der Waals surface area contributed by atoms with Gasteiger partial charge in [-0.05, 0) is 59.0 Å². The van der Waals surface area contributed by atoms with Crippen molar-refractivity contribution in [3.63, 3.8) is 0 Å². The summed E-state index contributed by atoms with van der Waals surface area (Å²) in [5.74, 6) is 0. The van der Waals surface area contributed by atoms with Crippen molar-refractivity contribution in [2.24, 2.45) is 0 Å². The van der Waals surface area contributed by atoms with Crippen molar-refractivity contribution in [1.82, 2.24) is 0 Å². The van der Waals surface area contributed by atoms with Gasteiger partial charge in [-0.3, -0.25) is 4.18 Å². The molecule has 0 bridgehead atoms. The molecule has 184 valence electrons. The molecule has 0 spiro atoms. The highest BCUT2D eigenvalue weighted by atomic mass is 32.2. The Hall–Kier alpha value is -2.33. The molecular weight excluding hydrogens is 456 g/mol. The first kappa shape index (κ1) is 26.3. The first-order valence-electron chi connectivity index (χ1n) is 11.1. The van der Waals surface area contributed by atoms with Crippen molar-refractivity contribution in [3.8, 4) is 11.1 Å². The Morgan fingerprint density at radius 2 is 1.50 bits per heavy atom. The highest BCUT2D eigenvalue weighted by Gasteiger charge is 2.20. The minimum Gasteiger partial charge on any atom is -0.394 e. The van der Waals surface area contributed by atoms with E-state index in [2.05, 4.69) is 44.2 Å². The Morgan fingerprint density at radius 1 is 0.794 bits per heavy atom. The normalized spacial score (nSPS) is 11.9. The van der Waals surface area contributed by atoms with Crippen LogP contribution >= 0.6 is 0 Å². The maximum atomic E-state index is 12.7. The monoisotopic (exact) mass is 488 g/mol. The lowest BCUT2D eigenvalue weighted by Gasteiger charge is -2.14. The molecule has 3 aromatic rings. The van der Waals surface area contributed by atoms with Gasteiger partial charge in [-0.2, -0.15) is 8.42 Å². The van der Waals surface area contributed by atoms with E-state index in [0.29, 0.717) is 32.0 Å². The van der Waals surface area contributed by atoms with Crippen molar-refractivity contribution in [3.05, 3.63) is 65.2 Å². The van der Waals surface area contributed by atoms with Crippen LogP contribution in [0.2, 0.25) is 0 Å². The van der Waals surface area contributed by atoms with Crippen LogP contribution in [0.1, 0.15) is 16.7 Å². The van der Waals surface area contributed by atoms with E-state index >= 15 is 0 Å². The minimum atomic E-state index is -3.93. The predicted octanol–water partition coefficient (Wildman–Crippen LogP) is 4.00. The van der Waals surface area contributed by atoms with Gasteiger partial charge in [-0.25, -0.2) is 0 Å². The topological polar surface area (TPSA) is 91.3 Å². The van der Waals surface area contributed by atoms with E-state index < -0.39 is 10.1 Å². The smallest absolute Gasteiger partial charge is 0.297 e. The third-order valence-corrected chi connectivity index (χ3v) is 6.80. The Labute approximate surface area is 201 Å². The lowest BCUT2D eigenvalue weighted by Crippen LogP contribution is -2.12. The van der Waals surface area contributed by atoms with Gasteiger partial charge in [0.2, 0.25) is 0 Å². The van der Waals surface area contributed by atoms with Crippen LogP contribution in [0.5, 0.6) is 0 Å². The van der Waals surface area contributed by atoms with Gasteiger partial charge < -0.3 is 19.3 Å². The van der Waals surface area contributed by atoms with Crippen LogP contribution < -0.4 is 0 Å². The van der Waals surface area contributed by atoms with Gasteiger partial charge >= 0.3 is 0 Å². The van der Waals surface area contributed by atoms with E-state index in [0.717, 1.165) is 29.2 Å². The molecule has 0 aromatic heterocycles. The molecule has 3 aromatic carbocycles. The van der Waals surface area contributed by atoms with E-state index in [1.807, 2.05) is 6.07 Å². The Bertz CT molecular complexity index is 1210. The summed E-state index contributed by atoms with van der Waals surface area (Å²) in [4.78, 5) is 0.0906. The Kier molecular flexibility index (Phi) is 9.58.